The summed E-state index contributed by atoms with van der Waals surface area (Å²) in [7, 11) is 6.11. The van der Waals surface area contributed by atoms with Crippen LogP contribution < -0.4 is 19.5 Å². The van der Waals surface area contributed by atoms with Crippen molar-refractivity contribution in [2.24, 2.45) is 0 Å². The van der Waals surface area contributed by atoms with Gasteiger partial charge in [-0.2, -0.15) is 0 Å². The van der Waals surface area contributed by atoms with Gasteiger partial charge in [-0.1, -0.05) is 0 Å². The van der Waals surface area contributed by atoms with E-state index in [0.717, 1.165) is 0 Å². The highest BCUT2D eigenvalue weighted by atomic mass is 16.5. The van der Waals surface area contributed by atoms with Gasteiger partial charge in [-0.15, -0.1) is 0 Å². The molecule has 0 fully saturated rings. The molecule has 0 aliphatic rings. The first kappa shape index (κ1) is 16.1. The molecular weight excluding hydrogens is 262 g/mol. The molecule has 1 N–H and O–H groups in total. The number of hydrogen-bond donors (Lipinski definition) is 1. The molecule has 1 amide bonds. The Kier molecular flexibility index (Phi) is 6.11. The molecule has 1 atom stereocenters. The van der Waals surface area contributed by atoms with Gasteiger partial charge in [0, 0.05) is 18.7 Å². The molecule has 1 unspecified atom stereocenters. The molecule has 0 spiro atoms. The fourth-order valence-electron chi connectivity index (χ4n) is 1.81. The summed E-state index contributed by atoms with van der Waals surface area (Å²) in [6, 6.07) is 3.12. The van der Waals surface area contributed by atoms with Gasteiger partial charge in [-0.25, -0.2) is 0 Å². The Balaban J connectivity index is 3.03. The molecule has 0 heterocycles. The van der Waals surface area contributed by atoms with Crippen LogP contribution in [0.3, 0.4) is 0 Å². The van der Waals surface area contributed by atoms with Gasteiger partial charge in [0.2, 0.25) is 5.75 Å². The van der Waals surface area contributed by atoms with E-state index in [4.69, 9.17) is 18.9 Å². The van der Waals surface area contributed by atoms with Crippen LogP contribution in [-0.2, 0) is 4.74 Å². The minimum Gasteiger partial charge on any atom is -0.493 e. The van der Waals surface area contributed by atoms with Crippen LogP contribution in [0.15, 0.2) is 12.1 Å². The highest BCUT2D eigenvalue weighted by Crippen LogP contribution is 2.38. The van der Waals surface area contributed by atoms with Crippen LogP contribution in [0.5, 0.6) is 17.2 Å². The van der Waals surface area contributed by atoms with Gasteiger partial charge >= 0.3 is 0 Å². The number of ether oxygens (including phenoxy) is 4. The molecule has 1 aromatic carbocycles. The number of nitrogens with one attached hydrogen (secondary N) is 1. The quantitative estimate of drug-likeness (QED) is 0.821. The summed E-state index contributed by atoms with van der Waals surface area (Å²) in [5.74, 6) is 1.11. The maximum absolute atomic E-state index is 12.1. The third-order valence-electron chi connectivity index (χ3n) is 2.72. The third-order valence-corrected chi connectivity index (χ3v) is 2.72. The van der Waals surface area contributed by atoms with E-state index in [1.807, 2.05) is 6.92 Å². The number of amides is 1. The first-order valence-corrected chi connectivity index (χ1v) is 6.17. The maximum atomic E-state index is 12.1. The van der Waals surface area contributed by atoms with E-state index in [0.29, 0.717) is 29.4 Å². The van der Waals surface area contributed by atoms with Crippen molar-refractivity contribution in [3.05, 3.63) is 17.7 Å². The van der Waals surface area contributed by atoms with E-state index in [1.54, 1.807) is 19.2 Å². The van der Waals surface area contributed by atoms with E-state index in [1.165, 1.54) is 21.3 Å². The van der Waals surface area contributed by atoms with Crippen molar-refractivity contribution in [3.8, 4) is 17.2 Å². The van der Waals surface area contributed by atoms with Crippen LogP contribution in [0, 0.1) is 0 Å². The number of carbonyl (C=O) groups excluding carboxylic acids is 1. The topological polar surface area (TPSA) is 66.0 Å². The van der Waals surface area contributed by atoms with E-state index >= 15 is 0 Å². The lowest BCUT2D eigenvalue weighted by atomic mass is 10.1. The smallest absolute Gasteiger partial charge is 0.251 e. The van der Waals surface area contributed by atoms with Crippen molar-refractivity contribution < 1.29 is 23.7 Å². The van der Waals surface area contributed by atoms with Crippen LogP contribution in [0.2, 0.25) is 0 Å². The molecule has 112 valence electrons. The Morgan fingerprint density at radius 1 is 1.10 bits per heavy atom. The Morgan fingerprint density at radius 2 is 1.65 bits per heavy atom. The van der Waals surface area contributed by atoms with Crippen molar-refractivity contribution in [2.75, 3.05) is 35.0 Å². The molecule has 0 radical (unpaired) electrons. The Morgan fingerprint density at radius 3 is 2.05 bits per heavy atom. The summed E-state index contributed by atoms with van der Waals surface area (Å²) in [6.45, 7) is 2.30. The van der Waals surface area contributed by atoms with Crippen molar-refractivity contribution in [1.82, 2.24) is 5.32 Å². The van der Waals surface area contributed by atoms with Crippen LogP contribution >= 0.6 is 0 Å². The van der Waals surface area contributed by atoms with E-state index in [9.17, 15) is 4.79 Å². The van der Waals surface area contributed by atoms with Gasteiger partial charge < -0.3 is 24.3 Å². The second kappa shape index (κ2) is 7.59. The van der Waals surface area contributed by atoms with Crippen molar-refractivity contribution in [1.29, 1.82) is 0 Å². The molecule has 1 aromatic rings. The number of rotatable bonds is 7. The van der Waals surface area contributed by atoms with Gasteiger partial charge in [0.25, 0.3) is 5.91 Å². The minimum atomic E-state index is -0.228. The zero-order valence-electron chi connectivity index (χ0n) is 12.5. The summed E-state index contributed by atoms with van der Waals surface area (Å²) in [5, 5.41) is 2.82. The van der Waals surface area contributed by atoms with Crippen LogP contribution in [0.4, 0.5) is 0 Å². The molecule has 0 aliphatic carbocycles. The summed E-state index contributed by atoms with van der Waals surface area (Å²) in [6.07, 6.45) is 0. The summed E-state index contributed by atoms with van der Waals surface area (Å²) < 4.78 is 20.6. The molecule has 0 aliphatic heterocycles. The molecule has 6 nitrogen and oxygen atoms in total. The van der Waals surface area contributed by atoms with E-state index in [-0.39, 0.29) is 11.9 Å². The Bertz CT molecular complexity index is 436. The number of benzene rings is 1. The first-order chi connectivity index (χ1) is 9.57. The number of methoxy groups -OCH3 is 4. The largest absolute Gasteiger partial charge is 0.493 e. The molecule has 0 saturated heterocycles. The Labute approximate surface area is 119 Å². The maximum Gasteiger partial charge on any atom is 0.251 e. The van der Waals surface area contributed by atoms with Gasteiger partial charge in [0.15, 0.2) is 11.5 Å². The number of hydrogen-bond acceptors (Lipinski definition) is 5. The van der Waals surface area contributed by atoms with Crippen molar-refractivity contribution in [3.63, 3.8) is 0 Å². The predicted octanol–water partition coefficient (Wildman–Crippen LogP) is 1.48. The average Bonchev–Trinajstić information content (AvgIpc) is 2.45. The lowest BCUT2D eigenvalue weighted by Gasteiger charge is -2.16. The SMILES string of the molecule is COCC(C)NC(=O)c1cc(OC)c(OC)c(OC)c1. The monoisotopic (exact) mass is 283 g/mol. The molecule has 0 aromatic heterocycles. The average molecular weight is 283 g/mol. The third kappa shape index (κ3) is 3.77. The van der Waals surface area contributed by atoms with E-state index < -0.39 is 0 Å². The second-order valence-corrected chi connectivity index (χ2v) is 4.24. The zero-order chi connectivity index (χ0) is 15.1. The van der Waals surface area contributed by atoms with Crippen molar-refractivity contribution in [2.45, 2.75) is 13.0 Å². The molecule has 6 heteroatoms. The highest BCUT2D eigenvalue weighted by molar-refractivity contribution is 5.95. The zero-order valence-corrected chi connectivity index (χ0v) is 12.5. The van der Waals surface area contributed by atoms with Crippen LogP contribution in [0.25, 0.3) is 0 Å². The standard InChI is InChI=1S/C14H21NO5/c1-9(8-17-2)15-14(16)10-6-11(18-3)13(20-5)12(7-10)19-4/h6-7,9H,8H2,1-5H3,(H,15,16). The lowest BCUT2D eigenvalue weighted by Crippen LogP contribution is -2.35. The summed E-state index contributed by atoms with van der Waals surface area (Å²) in [5.41, 5.74) is 0.433. The van der Waals surface area contributed by atoms with Gasteiger partial charge in [-0.3, -0.25) is 4.79 Å². The highest BCUT2D eigenvalue weighted by Gasteiger charge is 2.17. The van der Waals surface area contributed by atoms with Crippen LogP contribution in [0.1, 0.15) is 17.3 Å². The minimum absolute atomic E-state index is 0.0911. The molecule has 0 bridgehead atoms. The summed E-state index contributed by atoms with van der Waals surface area (Å²) in [4.78, 5) is 12.1. The molecular formula is C14H21NO5. The number of carbonyl (C=O) groups is 1. The van der Waals surface area contributed by atoms with Gasteiger partial charge in [0.05, 0.1) is 27.9 Å². The fraction of sp³-hybridized carbons (Fsp3) is 0.500. The molecule has 0 saturated carbocycles. The first-order valence-electron chi connectivity index (χ1n) is 6.17. The van der Waals surface area contributed by atoms with Crippen molar-refractivity contribution >= 4 is 5.91 Å². The van der Waals surface area contributed by atoms with Crippen LogP contribution in [-0.4, -0.2) is 47.0 Å². The summed E-state index contributed by atoms with van der Waals surface area (Å²) >= 11 is 0. The van der Waals surface area contributed by atoms with Gasteiger partial charge in [0.1, 0.15) is 0 Å². The normalized spacial score (nSPS) is 11.7. The molecule has 20 heavy (non-hydrogen) atoms. The fourth-order valence-corrected chi connectivity index (χ4v) is 1.81. The van der Waals surface area contributed by atoms with E-state index in [2.05, 4.69) is 5.32 Å². The molecule has 1 rings (SSSR count). The second-order valence-electron chi connectivity index (χ2n) is 4.24. The predicted molar refractivity (Wildman–Crippen MR) is 74.9 cm³/mol. The van der Waals surface area contributed by atoms with Gasteiger partial charge in [-0.05, 0) is 19.1 Å². The Hall–Kier alpha value is -1.95. The lowest BCUT2D eigenvalue weighted by molar-refractivity contribution is 0.0904.